The minimum Gasteiger partial charge on any atom is -0.454 e. The number of aliphatic hydroxyl groups is 1. The van der Waals surface area contributed by atoms with Crippen LogP contribution >= 0.6 is 0 Å². The van der Waals surface area contributed by atoms with Crippen molar-refractivity contribution < 1.29 is 14.6 Å². The summed E-state index contributed by atoms with van der Waals surface area (Å²) in [6.45, 7) is 2.27. The molecule has 136 valence electrons. The molecule has 5 heteroatoms. The molecule has 0 amide bonds. The third-order valence-electron chi connectivity index (χ3n) is 6.24. The summed E-state index contributed by atoms with van der Waals surface area (Å²) in [7, 11) is 0. The van der Waals surface area contributed by atoms with Gasteiger partial charge < -0.3 is 19.5 Å². The maximum atomic E-state index is 10.5. The second-order valence-electron chi connectivity index (χ2n) is 7.76. The number of aliphatic hydroxyl groups excluding tert-OH is 1. The number of nitrogens with zero attached hydrogens (tertiary/aromatic N) is 2. The van der Waals surface area contributed by atoms with E-state index in [9.17, 15) is 5.11 Å². The number of rotatable bonds is 2. The monoisotopic (exact) mass is 352 g/mol. The van der Waals surface area contributed by atoms with Crippen LogP contribution in [0.3, 0.4) is 0 Å². The molecule has 1 aromatic heterocycles. The Morgan fingerprint density at radius 3 is 2.85 bits per heavy atom. The molecule has 0 bridgehead atoms. The van der Waals surface area contributed by atoms with Crippen LogP contribution in [-0.4, -0.2) is 36.1 Å². The molecule has 2 aliphatic heterocycles. The fourth-order valence-corrected chi connectivity index (χ4v) is 4.81. The Morgan fingerprint density at radius 2 is 1.96 bits per heavy atom. The van der Waals surface area contributed by atoms with Gasteiger partial charge in [0.2, 0.25) is 6.79 Å². The van der Waals surface area contributed by atoms with Gasteiger partial charge in [0, 0.05) is 36.0 Å². The van der Waals surface area contributed by atoms with Crippen LogP contribution in [0.25, 0.3) is 11.3 Å². The number of hydrogen-bond donors (Lipinski definition) is 1. The Balaban J connectivity index is 1.43. The van der Waals surface area contributed by atoms with E-state index in [2.05, 4.69) is 22.0 Å². The van der Waals surface area contributed by atoms with Gasteiger partial charge in [0.1, 0.15) is 0 Å². The fraction of sp³-hybridized carbons (Fsp3) is 0.476. The first-order chi connectivity index (χ1) is 12.7. The van der Waals surface area contributed by atoms with Crippen LogP contribution < -0.4 is 14.4 Å². The largest absolute Gasteiger partial charge is 0.454 e. The molecule has 3 heterocycles. The first-order valence-corrected chi connectivity index (χ1v) is 9.53. The summed E-state index contributed by atoms with van der Waals surface area (Å²) in [5.41, 5.74) is 3.24. The highest BCUT2D eigenvalue weighted by molar-refractivity contribution is 5.68. The van der Waals surface area contributed by atoms with Crippen LogP contribution in [0.1, 0.15) is 32.1 Å². The van der Waals surface area contributed by atoms with E-state index in [-0.39, 0.29) is 18.3 Å². The average Bonchev–Trinajstić information content (AvgIpc) is 3.28. The zero-order valence-electron chi connectivity index (χ0n) is 14.9. The van der Waals surface area contributed by atoms with Gasteiger partial charge in [-0.15, -0.1) is 0 Å². The fourth-order valence-electron chi connectivity index (χ4n) is 4.81. The number of anilines is 1. The van der Waals surface area contributed by atoms with Crippen LogP contribution in [0.5, 0.6) is 11.5 Å². The lowest BCUT2D eigenvalue weighted by Gasteiger charge is -2.43. The number of aromatic nitrogens is 1. The van der Waals surface area contributed by atoms with Gasteiger partial charge in [-0.05, 0) is 56.0 Å². The summed E-state index contributed by atoms with van der Waals surface area (Å²) >= 11 is 0. The molecule has 3 aliphatic rings. The lowest BCUT2D eigenvalue weighted by Crippen LogP contribution is -2.47. The topological polar surface area (TPSA) is 54.8 Å². The number of fused-ring (bicyclic) bond motifs is 1. The van der Waals surface area contributed by atoms with E-state index in [1.165, 1.54) is 5.69 Å². The molecule has 1 aliphatic carbocycles. The molecule has 5 rings (SSSR count). The summed E-state index contributed by atoms with van der Waals surface area (Å²) in [4.78, 5) is 6.99. The molecular weight excluding hydrogens is 328 g/mol. The number of hydrogen-bond acceptors (Lipinski definition) is 5. The van der Waals surface area contributed by atoms with Crippen LogP contribution in [-0.2, 0) is 0 Å². The SMILES string of the molecule is O[C@@H]1CCC[C@]12CCCN(c1ccnc(-c3ccc4c(c3)OCO4)c1)C2. The average molecular weight is 352 g/mol. The van der Waals surface area contributed by atoms with Crippen molar-refractivity contribution in [2.45, 2.75) is 38.2 Å². The molecule has 1 aromatic carbocycles. The predicted octanol–water partition coefficient (Wildman–Crippen LogP) is 3.61. The third-order valence-corrected chi connectivity index (χ3v) is 6.24. The lowest BCUT2D eigenvalue weighted by molar-refractivity contribution is 0.0409. The maximum absolute atomic E-state index is 10.5. The van der Waals surface area contributed by atoms with Crippen LogP contribution in [0.15, 0.2) is 36.5 Å². The first-order valence-electron chi connectivity index (χ1n) is 9.53. The Labute approximate surface area is 153 Å². The van der Waals surface area contributed by atoms with Gasteiger partial charge in [0.05, 0.1) is 11.8 Å². The highest BCUT2D eigenvalue weighted by atomic mass is 16.7. The van der Waals surface area contributed by atoms with Gasteiger partial charge >= 0.3 is 0 Å². The highest BCUT2D eigenvalue weighted by Gasteiger charge is 2.44. The molecule has 1 saturated carbocycles. The highest BCUT2D eigenvalue weighted by Crippen LogP contribution is 2.46. The standard InChI is InChI=1S/C21H24N2O3/c24-20-3-1-7-21(20)8-2-10-23(13-21)16-6-9-22-17(12-16)15-4-5-18-19(11-15)26-14-25-18/h4-6,9,11-12,20,24H,1-3,7-8,10,13-14H2/t20-,21-/m1/s1. The van der Waals surface area contributed by atoms with Gasteiger partial charge in [-0.3, -0.25) is 4.98 Å². The first kappa shape index (κ1) is 15.9. The molecule has 1 saturated heterocycles. The van der Waals surface area contributed by atoms with E-state index in [1.54, 1.807) is 0 Å². The summed E-state index contributed by atoms with van der Waals surface area (Å²) in [5, 5.41) is 10.5. The van der Waals surface area contributed by atoms with Gasteiger partial charge in [-0.1, -0.05) is 6.42 Å². The minimum absolute atomic E-state index is 0.0838. The molecule has 2 fully saturated rings. The Morgan fingerprint density at radius 1 is 1.08 bits per heavy atom. The van der Waals surface area contributed by atoms with Gasteiger partial charge in [0.25, 0.3) is 0 Å². The van der Waals surface area contributed by atoms with E-state index in [1.807, 2.05) is 24.4 Å². The number of benzene rings is 1. The van der Waals surface area contributed by atoms with E-state index >= 15 is 0 Å². The van der Waals surface area contributed by atoms with Gasteiger partial charge in [0.15, 0.2) is 11.5 Å². The summed E-state index contributed by atoms with van der Waals surface area (Å²) < 4.78 is 10.9. The molecule has 1 N–H and O–H groups in total. The number of pyridine rings is 1. The molecule has 26 heavy (non-hydrogen) atoms. The second-order valence-corrected chi connectivity index (χ2v) is 7.76. The molecule has 2 aromatic rings. The lowest BCUT2D eigenvalue weighted by atomic mass is 9.76. The van der Waals surface area contributed by atoms with Gasteiger partial charge in [-0.2, -0.15) is 0 Å². The Bertz CT molecular complexity index is 825. The molecule has 0 unspecified atom stereocenters. The van der Waals surface area contributed by atoms with Crippen molar-refractivity contribution in [2.75, 3.05) is 24.8 Å². The number of ether oxygens (including phenoxy) is 2. The van der Waals surface area contributed by atoms with E-state index in [0.29, 0.717) is 0 Å². The molecule has 0 radical (unpaired) electrons. The van der Waals surface area contributed by atoms with Crippen LogP contribution in [0.2, 0.25) is 0 Å². The molecule has 2 atom stereocenters. The van der Waals surface area contributed by atoms with Crippen molar-refractivity contribution in [2.24, 2.45) is 5.41 Å². The van der Waals surface area contributed by atoms with Crippen molar-refractivity contribution in [1.29, 1.82) is 0 Å². The smallest absolute Gasteiger partial charge is 0.231 e. The Kier molecular flexibility index (Phi) is 3.78. The molecule has 5 nitrogen and oxygen atoms in total. The van der Waals surface area contributed by atoms with Crippen molar-refractivity contribution >= 4 is 5.69 Å². The second kappa shape index (κ2) is 6.16. The van der Waals surface area contributed by atoms with Crippen molar-refractivity contribution in [3.63, 3.8) is 0 Å². The van der Waals surface area contributed by atoms with E-state index < -0.39 is 0 Å². The minimum atomic E-state index is -0.152. The third kappa shape index (κ3) is 2.62. The number of piperidine rings is 1. The zero-order valence-corrected chi connectivity index (χ0v) is 14.9. The normalized spacial score (nSPS) is 27.3. The molecule has 1 spiro atoms. The summed E-state index contributed by atoms with van der Waals surface area (Å²) in [6.07, 6.45) is 7.25. The quantitative estimate of drug-likeness (QED) is 0.895. The van der Waals surface area contributed by atoms with E-state index in [4.69, 9.17) is 9.47 Å². The van der Waals surface area contributed by atoms with Crippen molar-refractivity contribution in [3.8, 4) is 22.8 Å². The zero-order chi connectivity index (χ0) is 17.6. The summed E-state index contributed by atoms with van der Waals surface area (Å²) in [5.74, 6) is 1.57. The van der Waals surface area contributed by atoms with E-state index in [0.717, 1.165) is 68.0 Å². The molecular formula is C21H24N2O3. The Hall–Kier alpha value is -2.27. The van der Waals surface area contributed by atoms with Gasteiger partial charge in [-0.25, -0.2) is 0 Å². The predicted molar refractivity (Wildman–Crippen MR) is 99.5 cm³/mol. The van der Waals surface area contributed by atoms with Crippen molar-refractivity contribution in [1.82, 2.24) is 4.98 Å². The van der Waals surface area contributed by atoms with Crippen LogP contribution in [0, 0.1) is 5.41 Å². The van der Waals surface area contributed by atoms with Crippen LogP contribution in [0.4, 0.5) is 5.69 Å². The van der Waals surface area contributed by atoms with Crippen molar-refractivity contribution in [3.05, 3.63) is 36.5 Å². The summed E-state index contributed by atoms with van der Waals surface area (Å²) in [6, 6.07) is 10.2. The maximum Gasteiger partial charge on any atom is 0.231 e.